The van der Waals surface area contributed by atoms with Gasteiger partial charge in [0.2, 0.25) is 0 Å². The summed E-state index contributed by atoms with van der Waals surface area (Å²) in [4.78, 5) is 18.7. The van der Waals surface area contributed by atoms with E-state index in [4.69, 9.17) is 4.74 Å². The van der Waals surface area contributed by atoms with Crippen molar-refractivity contribution < 1.29 is 9.53 Å². The van der Waals surface area contributed by atoms with Crippen molar-refractivity contribution in [3.63, 3.8) is 0 Å². The Labute approximate surface area is 185 Å². The number of amides is 1. The molecule has 0 saturated carbocycles. The maximum absolute atomic E-state index is 13.7. The van der Waals surface area contributed by atoms with Crippen molar-refractivity contribution in [1.29, 1.82) is 0 Å². The molecule has 0 bridgehead atoms. The summed E-state index contributed by atoms with van der Waals surface area (Å²) in [5, 5.41) is 16.9. The molecule has 5 rings (SSSR count). The first-order valence-electron chi connectivity index (χ1n) is 10.5. The van der Waals surface area contributed by atoms with Gasteiger partial charge in [-0.2, -0.15) is 30.0 Å². The monoisotopic (exact) mass is 429 g/mol. The number of carbonyl (C=O) groups is 1. The Bertz CT molecular complexity index is 1210. The molecular formula is C23H23N7O2. The van der Waals surface area contributed by atoms with Crippen LogP contribution in [0.2, 0.25) is 0 Å². The van der Waals surface area contributed by atoms with E-state index in [1.165, 1.54) is 4.80 Å². The fourth-order valence-corrected chi connectivity index (χ4v) is 4.10. The van der Waals surface area contributed by atoms with Crippen LogP contribution in [-0.2, 0) is 11.2 Å². The van der Waals surface area contributed by atoms with Crippen LogP contribution in [0, 0.1) is 6.92 Å². The average molecular weight is 429 g/mol. The van der Waals surface area contributed by atoms with Crippen LogP contribution in [-0.4, -0.2) is 66.6 Å². The number of carbonyl (C=O) groups excluding carboxylic acids is 1. The molecule has 32 heavy (non-hydrogen) atoms. The van der Waals surface area contributed by atoms with Crippen molar-refractivity contribution in [2.75, 3.05) is 19.8 Å². The molecule has 1 fully saturated rings. The fourth-order valence-electron chi connectivity index (χ4n) is 4.10. The van der Waals surface area contributed by atoms with Gasteiger partial charge < -0.3 is 9.64 Å². The van der Waals surface area contributed by atoms with Gasteiger partial charge in [-0.3, -0.25) is 4.79 Å². The molecule has 4 aromatic rings. The van der Waals surface area contributed by atoms with Gasteiger partial charge in [-0.15, -0.1) is 0 Å². The van der Waals surface area contributed by atoms with Gasteiger partial charge >= 0.3 is 0 Å². The second-order valence-electron chi connectivity index (χ2n) is 7.71. The molecule has 0 radical (unpaired) electrons. The zero-order valence-corrected chi connectivity index (χ0v) is 17.7. The van der Waals surface area contributed by atoms with Crippen molar-refractivity contribution >= 4 is 5.91 Å². The number of aromatic nitrogens is 6. The smallest absolute Gasteiger partial charge is 0.256 e. The van der Waals surface area contributed by atoms with Crippen molar-refractivity contribution in [2.24, 2.45) is 0 Å². The molecule has 1 saturated heterocycles. The van der Waals surface area contributed by atoms with Gasteiger partial charge in [0.05, 0.1) is 55.3 Å². The molecule has 2 aromatic carbocycles. The van der Waals surface area contributed by atoms with Crippen LogP contribution >= 0.6 is 0 Å². The predicted molar refractivity (Wildman–Crippen MR) is 117 cm³/mol. The van der Waals surface area contributed by atoms with Gasteiger partial charge in [-0.25, -0.2) is 0 Å². The third kappa shape index (κ3) is 3.90. The van der Waals surface area contributed by atoms with Crippen molar-refractivity contribution in [3.05, 3.63) is 83.9 Å². The van der Waals surface area contributed by atoms with Gasteiger partial charge in [-0.05, 0) is 42.7 Å². The van der Waals surface area contributed by atoms with Gasteiger partial charge in [-0.1, -0.05) is 24.3 Å². The Balaban J connectivity index is 1.43. The van der Waals surface area contributed by atoms with Crippen molar-refractivity contribution in [2.45, 2.75) is 19.4 Å². The third-order valence-corrected chi connectivity index (χ3v) is 5.61. The predicted octanol–water partition coefficient (Wildman–Crippen LogP) is 2.24. The van der Waals surface area contributed by atoms with Crippen LogP contribution < -0.4 is 0 Å². The molecule has 3 heterocycles. The highest BCUT2D eigenvalue weighted by atomic mass is 16.5. The van der Waals surface area contributed by atoms with Gasteiger partial charge in [0, 0.05) is 6.54 Å². The first kappa shape index (κ1) is 20.1. The standard InChI is InChI=1S/C23H23N7O2/c1-17-4-2-7-21(22(17)30-26-10-11-27-30)23(31)28-12-13-32-16-20(28)15-18-5-3-6-19(14-18)29-24-8-9-25-29/h2-11,14,20H,12-13,15-16H2,1H3/t20-/m1/s1. The molecular weight excluding hydrogens is 406 g/mol. The highest BCUT2D eigenvalue weighted by Crippen LogP contribution is 2.23. The molecule has 1 aliphatic rings. The molecule has 162 valence electrons. The largest absolute Gasteiger partial charge is 0.377 e. The second-order valence-corrected chi connectivity index (χ2v) is 7.71. The number of nitrogens with zero attached hydrogens (tertiary/aromatic N) is 7. The van der Waals surface area contributed by atoms with E-state index < -0.39 is 0 Å². The van der Waals surface area contributed by atoms with E-state index in [0.717, 1.165) is 16.8 Å². The summed E-state index contributed by atoms with van der Waals surface area (Å²) in [6.07, 6.45) is 7.19. The molecule has 0 spiro atoms. The summed E-state index contributed by atoms with van der Waals surface area (Å²) in [5.74, 6) is -0.0424. The Morgan fingerprint density at radius 2 is 1.72 bits per heavy atom. The number of hydrogen-bond donors (Lipinski definition) is 0. The number of aryl methyl sites for hydroxylation is 1. The van der Waals surface area contributed by atoms with Crippen LogP contribution in [0.1, 0.15) is 21.5 Å². The second kappa shape index (κ2) is 8.72. The van der Waals surface area contributed by atoms with E-state index in [0.29, 0.717) is 37.4 Å². The fraction of sp³-hybridized carbons (Fsp3) is 0.261. The quantitative estimate of drug-likeness (QED) is 0.483. The Hall–Kier alpha value is -3.85. The molecule has 0 N–H and O–H groups in total. The molecule has 1 aliphatic heterocycles. The van der Waals surface area contributed by atoms with E-state index in [9.17, 15) is 4.79 Å². The van der Waals surface area contributed by atoms with E-state index in [2.05, 4.69) is 26.5 Å². The molecule has 0 aliphatic carbocycles. The first-order chi connectivity index (χ1) is 15.7. The van der Waals surface area contributed by atoms with Crippen LogP contribution in [0.4, 0.5) is 0 Å². The normalized spacial score (nSPS) is 16.3. The average Bonchev–Trinajstić information content (AvgIpc) is 3.54. The zero-order valence-electron chi connectivity index (χ0n) is 17.7. The summed E-state index contributed by atoms with van der Waals surface area (Å²) in [6.45, 7) is 3.49. The lowest BCUT2D eigenvalue weighted by molar-refractivity contribution is -0.00165. The van der Waals surface area contributed by atoms with E-state index in [1.54, 1.807) is 29.6 Å². The minimum atomic E-state index is -0.0870. The summed E-state index contributed by atoms with van der Waals surface area (Å²) in [6, 6.07) is 13.6. The van der Waals surface area contributed by atoms with E-state index in [-0.39, 0.29) is 11.9 Å². The van der Waals surface area contributed by atoms with Crippen LogP contribution in [0.25, 0.3) is 11.4 Å². The minimum Gasteiger partial charge on any atom is -0.377 e. The van der Waals surface area contributed by atoms with Crippen LogP contribution in [0.15, 0.2) is 67.3 Å². The Kier molecular flexibility index (Phi) is 5.47. The Morgan fingerprint density at radius 3 is 2.50 bits per heavy atom. The van der Waals surface area contributed by atoms with Crippen LogP contribution in [0.5, 0.6) is 0 Å². The number of rotatable bonds is 5. The molecule has 2 aromatic heterocycles. The number of hydrogen-bond acceptors (Lipinski definition) is 6. The maximum atomic E-state index is 13.7. The molecule has 0 unspecified atom stereocenters. The SMILES string of the molecule is Cc1cccc(C(=O)N2CCOC[C@H]2Cc2cccc(-n3nccn3)c2)c1-n1nccn1. The van der Waals surface area contributed by atoms with Crippen molar-refractivity contribution in [3.8, 4) is 11.4 Å². The summed E-state index contributed by atoms with van der Waals surface area (Å²) in [5.41, 5.74) is 4.21. The first-order valence-corrected chi connectivity index (χ1v) is 10.5. The molecule has 9 nitrogen and oxygen atoms in total. The highest BCUT2D eigenvalue weighted by molar-refractivity contribution is 5.98. The molecule has 1 atom stereocenters. The molecule has 9 heteroatoms. The number of benzene rings is 2. The van der Waals surface area contributed by atoms with Crippen molar-refractivity contribution in [1.82, 2.24) is 34.9 Å². The lowest BCUT2D eigenvalue weighted by Gasteiger charge is -2.36. The number of ether oxygens (including phenoxy) is 1. The maximum Gasteiger partial charge on any atom is 0.256 e. The number of morpholine rings is 1. The van der Waals surface area contributed by atoms with Gasteiger partial charge in [0.25, 0.3) is 5.91 Å². The summed E-state index contributed by atoms with van der Waals surface area (Å²) >= 11 is 0. The third-order valence-electron chi connectivity index (χ3n) is 5.61. The lowest BCUT2D eigenvalue weighted by Crippen LogP contribution is -2.50. The van der Waals surface area contributed by atoms with E-state index in [1.807, 2.05) is 48.2 Å². The Morgan fingerprint density at radius 1 is 1.00 bits per heavy atom. The van der Waals surface area contributed by atoms with Gasteiger partial charge in [0.1, 0.15) is 5.69 Å². The topological polar surface area (TPSA) is 91.0 Å². The lowest BCUT2D eigenvalue weighted by atomic mass is 10.0. The van der Waals surface area contributed by atoms with Crippen LogP contribution in [0.3, 0.4) is 0 Å². The zero-order chi connectivity index (χ0) is 21.9. The summed E-state index contributed by atoms with van der Waals surface area (Å²) in [7, 11) is 0. The minimum absolute atomic E-state index is 0.0424. The van der Waals surface area contributed by atoms with Gasteiger partial charge in [0.15, 0.2) is 0 Å². The molecule has 1 amide bonds. The number of para-hydroxylation sites is 1. The van der Waals surface area contributed by atoms with E-state index >= 15 is 0 Å². The highest BCUT2D eigenvalue weighted by Gasteiger charge is 2.30. The summed E-state index contributed by atoms with van der Waals surface area (Å²) < 4.78 is 5.75.